The summed E-state index contributed by atoms with van der Waals surface area (Å²) >= 11 is 0. The van der Waals surface area contributed by atoms with Gasteiger partial charge >= 0.3 is 5.97 Å². The van der Waals surface area contributed by atoms with Crippen LogP contribution in [0.15, 0.2) is 42.5 Å². The van der Waals surface area contributed by atoms with Crippen molar-refractivity contribution in [1.82, 2.24) is 0 Å². The summed E-state index contributed by atoms with van der Waals surface area (Å²) in [5.74, 6) is -0.111. The fourth-order valence-corrected chi connectivity index (χ4v) is 4.07. The summed E-state index contributed by atoms with van der Waals surface area (Å²) < 4.78 is 27.1. The van der Waals surface area contributed by atoms with Gasteiger partial charge in [-0.25, -0.2) is 0 Å². The number of benzene rings is 2. The van der Waals surface area contributed by atoms with Gasteiger partial charge in [-0.15, -0.1) is 0 Å². The zero-order valence-corrected chi connectivity index (χ0v) is 19.0. The van der Waals surface area contributed by atoms with Crippen LogP contribution >= 0.6 is 0 Å². The van der Waals surface area contributed by atoms with Crippen LogP contribution in [0.4, 0.5) is 0 Å². The minimum Gasteiger partial charge on any atom is -0.497 e. The van der Waals surface area contributed by atoms with E-state index in [1.54, 1.807) is 40.4 Å². The van der Waals surface area contributed by atoms with Crippen molar-refractivity contribution in [3.05, 3.63) is 53.6 Å². The first-order chi connectivity index (χ1) is 15.5. The maximum Gasteiger partial charge on any atom is 0.317 e. The first-order valence-electron chi connectivity index (χ1n) is 10.3. The second-order valence-corrected chi connectivity index (χ2v) is 7.30. The van der Waals surface area contributed by atoms with Crippen LogP contribution in [0.5, 0.6) is 23.0 Å². The SMILES string of the molecule is CCOC(=O)[C@@H]1C(=O)C=C(c2cc(OC)cc(OC)c2)C[C@H]1c1cccc(OC)c1OC. The van der Waals surface area contributed by atoms with Crippen molar-refractivity contribution < 1.29 is 33.3 Å². The number of esters is 1. The Labute approximate surface area is 187 Å². The highest BCUT2D eigenvalue weighted by atomic mass is 16.5. The molecule has 0 radical (unpaired) electrons. The van der Waals surface area contributed by atoms with E-state index in [-0.39, 0.29) is 12.4 Å². The molecule has 0 bridgehead atoms. The van der Waals surface area contributed by atoms with Crippen molar-refractivity contribution in [1.29, 1.82) is 0 Å². The van der Waals surface area contributed by atoms with Crippen LogP contribution in [0.3, 0.4) is 0 Å². The quantitative estimate of drug-likeness (QED) is 0.453. The van der Waals surface area contributed by atoms with Crippen LogP contribution in [0.2, 0.25) is 0 Å². The lowest BCUT2D eigenvalue weighted by molar-refractivity contribution is -0.151. The molecule has 2 aromatic carbocycles. The van der Waals surface area contributed by atoms with Crippen molar-refractivity contribution in [2.24, 2.45) is 5.92 Å². The maximum absolute atomic E-state index is 13.2. The normalized spacial score (nSPS) is 17.9. The zero-order chi connectivity index (χ0) is 23.3. The monoisotopic (exact) mass is 440 g/mol. The third-order valence-corrected chi connectivity index (χ3v) is 5.56. The predicted molar refractivity (Wildman–Crippen MR) is 120 cm³/mol. The van der Waals surface area contributed by atoms with E-state index >= 15 is 0 Å². The lowest BCUT2D eigenvalue weighted by Gasteiger charge is -2.31. The molecule has 0 aromatic heterocycles. The molecule has 0 spiro atoms. The van der Waals surface area contributed by atoms with Crippen molar-refractivity contribution >= 4 is 17.3 Å². The first-order valence-corrected chi connectivity index (χ1v) is 10.3. The van der Waals surface area contributed by atoms with Gasteiger partial charge in [-0.2, -0.15) is 0 Å². The second kappa shape index (κ2) is 10.2. The predicted octanol–water partition coefficient (Wildman–Crippen LogP) is 4.04. The Balaban J connectivity index is 2.14. The van der Waals surface area contributed by atoms with Gasteiger partial charge in [-0.3, -0.25) is 9.59 Å². The van der Waals surface area contributed by atoms with Gasteiger partial charge in [-0.05, 0) is 48.8 Å². The van der Waals surface area contributed by atoms with Crippen LogP contribution in [-0.2, 0) is 14.3 Å². The van der Waals surface area contributed by atoms with E-state index in [0.29, 0.717) is 35.0 Å². The van der Waals surface area contributed by atoms with Crippen LogP contribution in [0.25, 0.3) is 5.57 Å². The van der Waals surface area contributed by atoms with Gasteiger partial charge in [0.1, 0.15) is 17.4 Å². The highest BCUT2D eigenvalue weighted by molar-refractivity contribution is 6.10. The average molecular weight is 440 g/mol. The second-order valence-electron chi connectivity index (χ2n) is 7.30. The Hall–Kier alpha value is -3.48. The fourth-order valence-electron chi connectivity index (χ4n) is 4.07. The lowest BCUT2D eigenvalue weighted by Crippen LogP contribution is -2.34. The van der Waals surface area contributed by atoms with E-state index in [4.69, 9.17) is 23.7 Å². The molecule has 3 rings (SSSR count). The lowest BCUT2D eigenvalue weighted by atomic mass is 9.73. The van der Waals surface area contributed by atoms with Crippen LogP contribution in [0, 0.1) is 5.92 Å². The number of carbonyl (C=O) groups excluding carboxylic acids is 2. The molecule has 0 heterocycles. The van der Waals surface area contributed by atoms with Crippen molar-refractivity contribution in [2.45, 2.75) is 19.3 Å². The molecule has 0 fully saturated rings. The smallest absolute Gasteiger partial charge is 0.317 e. The molecule has 0 saturated heterocycles. The fraction of sp³-hybridized carbons (Fsp3) is 0.360. The van der Waals surface area contributed by atoms with Gasteiger partial charge in [0.25, 0.3) is 0 Å². The highest BCUT2D eigenvalue weighted by Gasteiger charge is 2.41. The number of ketones is 1. The van der Waals surface area contributed by atoms with Gasteiger partial charge < -0.3 is 23.7 Å². The van der Waals surface area contributed by atoms with E-state index in [1.165, 1.54) is 13.2 Å². The van der Waals surface area contributed by atoms with Crippen LogP contribution < -0.4 is 18.9 Å². The summed E-state index contributed by atoms with van der Waals surface area (Å²) in [5.41, 5.74) is 2.25. The molecule has 0 aliphatic heterocycles. The molecule has 7 heteroatoms. The Kier molecular flexibility index (Phi) is 7.41. The summed E-state index contributed by atoms with van der Waals surface area (Å²) in [6.07, 6.45) is 1.92. The first kappa shape index (κ1) is 23.2. The maximum atomic E-state index is 13.2. The third kappa shape index (κ3) is 4.56. The van der Waals surface area contributed by atoms with E-state index < -0.39 is 17.8 Å². The Morgan fingerprint density at radius 3 is 2.22 bits per heavy atom. The molecule has 1 aliphatic carbocycles. The van der Waals surface area contributed by atoms with E-state index in [9.17, 15) is 9.59 Å². The molecule has 7 nitrogen and oxygen atoms in total. The van der Waals surface area contributed by atoms with Gasteiger partial charge in [0.2, 0.25) is 0 Å². The van der Waals surface area contributed by atoms with Gasteiger partial charge in [0, 0.05) is 17.5 Å². The molecular weight excluding hydrogens is 412 g/mol. The van der Waals surface area contributed by atoms with Crippen molar-refractivity contribution in [2.75, 3.05) is 35.0 Å². The molecule has 0 saturated carbocycles. The largest absolute Gasteiger partial charge is 0.497 e. The Morgan fingerprint density at radius 1 is 0.969 bits per heavy atom. The zero-order valence-electron chi connectivity index (χ0n) is 19.0. The van der Waals surface area contributed by atoms with E-state index in [2.05, 4.69) is 0 Å². The number of hydrogen-bond acceptors (Lipinski definition) is 7. The van der Waals surface area contributed by atoms with E-state index in [1.807, 2.05) is 24.3 Å². The molecule has 2 atom stereocenters. The summed E-state index contributed by atoms with van der Waals surface area (Å²) in [6, 6.07) is 10.9. The molecular formula is C25H28O7. The van der Waals surface area contributed by atoms with Gasteiger partial charge in [0.05, 0.1) is 35.0 Å². The minimum absolute atomic E-state index is 0.189. The standard InChI is InChI=1S/C25H28O7/c1-6-32-25(27)23-20(19-8-7-9-22(30-4)24(19)31-5)12-16(13-21(23)26)15-10-17(28-2)14-18(11-15)29-3/h7-11,13-14,20,23H,6,12H2,1-5H3/t20-,23-/m0/s1. The summed E-state index contributed by atoms with van der Waals surface area (Å²) in [7, 11) is 6.22. The summed E-state index contributed by atoms with van der Waals surface area (Å²) in [4.78, 5) is 26.0. The number of carbonyl (C=O) groups is 2. The van der Waals surface area contributed by atoms with Gasteiger partial charge in [0.15, 0.2) is 17.3 Å². The highest BCUT2D eigenvalue weighted by Crippen LogP contribution is 2.46. The molecule has 1 aliphatic rings. The minimum atomic E-state index is -0.979. The molecule has 32 heavy (non-hydrogen) atoms. The Bertz CT molecular complexity index is 1000. The molecule has 0 unspecified atom stereocenters. The topological polar surface area (TPSA) is 80.3 Å². The summed E-state index contributed by atoms with van der Waals surface area (Å²) in [6.45, 7) is 1.91. The number of ether oxygens (including phenoxy) is 5. The number of rotatable bonds is 8. The molecule has 170 valence electrons. The van der Waals surface area contributed by atoms with Crippen molar-refractivity contribution in [3.63, 3.8) is 0 Å². The molecule has 2 aromatic rings. The number of allylic oxidation sites excluding steroid dienone is 2. The number of hydrogen-bond donors (Lipinski definition) is 0. The average Bonchev–Trinajstić information content (AvgIpc) is 2.82. The third-order valence-electron chi connectivity index (χ3n) is 5.56. The van der Waals surface area contributed by atoms with Crippen LogP contribution in [-0.4, -0.2) is 46.8 Å². The molecule has 0 N–H and O–H groups in total. The van der Waals surface area contributed by atoms with E-state index in [0.717, 1.165) is 11.1 Å². The summed E-state index contributed by atoms with van der Waals surface area (Å²) in [5, 5.41) is 0. The number of para-hydroxylation sites is 1. The van der Waals surface area contributed by atoms with Gasteiger partial charge in [-0.1, -0.05) is 12.1 Å². The van der Waals surface area contributed by atoms with Crippen molar-refractivity contribution in [3.8, 4) is 23.0 Å². The molecule has 0 amide bonds. The van der Waals surface area contributed by atoms with Crippen LogP contribution in [0.1, 0.15) is 30.4 Å². The number of methoxy groups -OCH3 is 4. The Morgan fingerprint density at radius 2 is 1.66 bits per heavy atom.